The van der Waals surface area contributed by atoms with Crippen molar-refractivity contribution in [3.63, 3.8) is 0 Å². The fourth-order valence-corrected chi connectivity index (χ4v) is 2.44. The molecule has 5 nitrogen and oxygen atoms in total. The van der Waals surface area contributed by atoms with E-state index < -0.39 is 11.9 Å². The van der Waals surface area contributed by atoms with E-state index in [-0.39, 0.29) is 5.92 Å². The van der Waals surface area contributed by atoms with E-state index in [1.54, 1.807) is 12.4 Å². The average Bonchev–Trinajstić information content (AvgIpc) is 2.82. The molecule has 2 atom stereocenters. The van der Waals surface area contributed by atoms with Crippen LogP contribution in [-0.4, -0.2) is 26.0 Å². The molecule has 2 aromatic heterocycles. The number of imidazole rings is 1. The first-order valence-corrected chi connectivity index (χ1v) is 5.93. The summed E-state index contributed by atoms with van der Waals surface area (Å²) in [5.74, 6) is -0.499. The fourth-order valence-electron chi connectivity index (χ4n) is 2.44. The van der Waals surface area contributed by atoms with Crippen LogP contribution in [0, 0.1) is 5.92 Å². The first-order chi connectivity index (χ1) is 8.75. The highest BCUT2D eigenvalue weighted by molar-refractivity contribution is 5.75. The Labute approximate surface area is 104 Å². The molecule has 2 unspecified atom stereocenters. The largest absolute Gasteiger partial charge is 0.481 e. The molecule has 1 aliphatic rings. The van der Waals surface area contributed by atoms with E-state index in [1.165, 1.54) is 0 Å². The van der Waals surface area contributed by atoms with Gasteiger partial charge in [0.15, 0.2) is 0 Å². The van der Waals surface area contributed by atoms with E-state index in [9.17, 15) is 9.90 Å². The van der Waals surface area contributed by atoms with Crippen LogP contribution in [0.4, 0.5) is 0 Å². The molecule has 1 aliphatic carbocycles. The number of carbonyl (C=O) groups is 1. The van der Waals surface area contributed by atoms with E-state index >= 15 is 0 Å². The third kappa shape index (κ3) is 1.77. The van der Waals surface area contributed by atoms with Gasteiger partial charge >= 0.3 is 5.97 Å². The van der Waals surface area contributed by atoms with Gasteiger partial charge in [0, 0.05) is 12.1 Å². The van der Waals surface area contributed by atoms with Gasteiger partial charge in [-0.25, -0.2) is 4.98 Å². The molecule has 0 saturated carbocycles. The van der Waals surface area contributed by atoms with Gasteiger partial charge in [-0.2, -0.15) is 0 Å². The van der Waals surface area contributed by atoms with Crippen molar-refractivity contribution in [3.05, 3.63) is 36.4 Å². The van der Waals surface area contributed by atoms with Gasteiger partial charge in [0.05, 0.1) is 23.1 Å². The lowest BCUT2D eigenvalue weighted by Gasteiger charge is -2.23. The molecule has 2 aromatic rings. The molecule has 18 heavy (non-hydrogen) atoms. The summed E-state index contributed by atoms with van der Waals surface area (Å²) in [6.07, 6.45) is 8.62. The zero-order valence-electron chi connectivity index (χ0n) is 9.71. The third-order valence-electron chi connectivity index (χ3n) is 3.40. The Morgan fingerprint density at radius 3 is 3.00 bits per heavy atom. The maximum Gasteiger partial charge on any atom is 0.307 e. The molecule has 0 radical (unpaired) electrons. The van der Waals surface area contributed by atoms with Crippen molar-refractivity contribution in [2.75, 3.05) is 0 Å². The number of carboxylic acids is 1. The number of H-pyrrole nitrogens is 1. The first kappa shape index (κ1) is 11.0. The number of rotatable bonds is 2. The summed E-state index contributed by atoms with van der Waals surface area (Å²) in [5.41, 5.74) is 1.69. The van der Waals surface area contributed by atoms with Gasteiger partial charge in [-0.1, -0.05) is 12.2 Å². The van der Waals surface area contributed by atoms with Crippen LogP contribution in [0.15, 0.2) is 30.6 Å². The molecule has 0 saturated heterocycles. The van der Waals surface area contributed by atoms with Crippen molar-refractivity contribution < 1.29 is 9.90 Å². The van der Waals surface area contributed by atoms with Gasteiger partial charge in [0.1, 0.15) is 5.82 Å². The molecule has 2 N–H and O–H groups in total. The SMILES string of the molecule is O=C(O)C1CC=CCC1c1nc2ccncc2[nH]1. The lowest BCUT2D eigenvalue weighted by atomic mass is 9.82. The quantitative estimate of drug-likeness (QED) is 0.791. The zero-order valence-corrected chi connectivity index (χ0v) is 9.71. The number of hydrogen-bond donors (Lipinski definition) is 2. The number of aliphatic carboxylic acids is 1. The van der Waals surface area contributed by atoms with Crippen molar-refractivity contribution in [3.8, 4) is 0 Å². The van der Waals surface area contributed by atoms with Crippen LogP contribution in [0.3, 0.4) is 0 Å². The van der Waals surface area contributed by atoms with Crippen LogP contribution in [0.25, 0.3) is 11.0 Å². The van der Waals surface area contributed by atoms with E-state index in [4.69, 9.17) is 0 Å². The Morgan fingerprint density at radius 1 is 1.39 bits per heavy atom. The summed E-state index contributed by atoms with van der Waals surface area (Å²) < 4.78 is 0. The second-order valence-corrected chi connectivity index (χ2v) is 4.51. The van der Waals surface area contributed by atoms with Crippen LogP contribution in [-0.2, 0) is 4.79 Å². The maximum absolute atomic E-state index is 11.3. The molecular formula is C13H13N3O2. The number of nitrogens with zero attached hydrogens (tertiary/aromatic N) is 2. The molecule has 3 rings (SSSR count). The molecule has 5 heteroatoms. The van der Waals surface area contributed by atoms with Crippen LogP contribution < -0.4 is 0 Å². The molecular weight excluding hydrogens is 230 g/mol. The minimum Gasteiger partial charge on any atom is -0.481 e. The Balaban J connectivity index is 2.02. The Bertz CT molecular complexity index is 584. The van der Waals surface area contributed by atoms with Gasteiger partial charge in [-0.05, 0) is 18.9 Å². The van der Waals surface area contributed by atoms with E-state index in [1.807, 2.05) is 18.2 Å². The summed E-state index contributed by atoms with van der Waals surface area (Å²) in [5, 5.41) is 9.26. The van der Waals surface area contributed by atoms with Crippen LogP contribution in [0.1, 0.15) is 24.6 Å². The van der Waals surface area contributed by atoms with Gasteiger partial charge < -0.3 is 10.1 Å². The second-order valence-electron chi connectivity index (χ2n) is 4.51. The normalized spacial score (nSPS) is 23.3. The molecule has 0 spiro atoms. The summed E-state index contributed by atoms with van der Waals surface area (Å²) in [7, 11) is 0. The highest BCUT2D eigenvalue weighted by Gasteiger charge is 2.31. The lowest BCUT2D eigenvalue weighted by Crippen LogP contribution is -2.24. The zero-order chi connectivity index (χ0) is 12.5. The minimum atomic E-state index is -0.761. The smallest absolute Gasteiger partial charge is 0.307 e. The Hall–Kier alpha value is -2.17. The highest BCUT2D eigenvalue weighted by atomic mass is 16.4. The number of pyridine rings is 1. The van der Waals surface area contributed by atoms with Gasteiger partial charge in [-0.3, -0.25) is 9.78 Å². The number of aromatic nitrogens is 3. The molecule has 2 heterocycles. The Morgan fingerprint density at radius 2 is 2.22 bits per heavy atom. The van der Waals surface area contributed by atoms with Crippen molar-refractivity contribution >= 4 is 17.0 Å². The third-order valence-corrected chi connectivity index (χ3v) is 3.40. The summed E-state index contributed by atoms with van der Waals surface area (Å²) >= 11 is 0. The van der Waals surface area contributed by atoms with Crippen molar-refractivity contribution in [2.45, 2.75) is 18.8 Å². The number of allylic oxidation sites excluding steroid dienone is 2. The number of nitrogens with one attached hydrogen (secondary N) is 1. The predicted octanol–water partition coefficient (Wildman–Crippen LogP) is 2.09. The standard InChI is InChI=1S/C13H13N3O2/c17-13(18)9-4-2-1-3-8(9)12-15-10-5-6-14-7-11(10)16-12/h1-2,5-9H,3-4H2,(H,15,16)(H,17,18). The fraction of sp³-hybridized carbons (Fsp3) is 0.308. The van der Waals surface area contributed by atoms with Crippen LogP contribution in [0.5, 0.6) is 0 Å². The second kappa shape index (κ2) is 4.25. The summed E-state index contributed by atoms with van der Waals surface area (Å²) in [6.45, 7) is 0. The van der Waals surface area contributed by atoms with Gasteiger partial charge in [-0.15, -0.1) is 0 Å². The number of carboxylic acid groups (broad SMARTS) is 1. The van der Waals surface area contributed by atoms with Gasteiger partial charge in [0.25, 0.3) is 0 Å². The van der Waals surface area contributed by atoms with Crippen LogP contribution >= 0.6 is 0 Å². The summed E-state index contributed by atoms with van der Waals surface area (Å²) in [6, 6.07) is 1.82. The molecule has 0 aromatic carbocycles. The number of aromatic amines is 1. The number of hydrogen-bond acceptors (Lipinski definition) is 3. The number of fused-ring (bicyclic) bond motifs is 1. The van der Waals surface area contributed by atoms with Crippen LogP contribution in [0.2, 0.25) is 0 Å². The van der Waals surface area contributed by atoms with E-state index in [0.717, 1.165) is 16.9 Å². The summed E-state index contributed by atoms with van der Waals surface area (Å²) in [4.78, 5) is 22.9. The van der Waals surface area contributed by atoms with E-state index in [2.05, 4.69) is 15.0 Å². The highest BCUT2D eigenvalue weighted by Crippen LogP contribution is 2.33. The van der Waals surface area contributed by atoms with Gasteiger partial charge in [0.2, 0.25) is 0 Å². The first-order valence-electron chi connectivity index (χ1n) is 5.93. The maximum atomic E-state index is 11.3. The average molecular weight is 243 g/mol. The van der Waals surface area contributed by atoms with Crippen molar-refractivity contribution in [1.82, 2.24) is 15.0 Å². The van der Waals surface area contributed by atoms with Crippen molar-refractivity contribution in [2.24, 2.45) is 5.92 Å². The molecule has 92 valence electrons. The molecule has 0 amide bonds. The van der Waals surface area contributed by atoms with E-state index in [0.29, 0.717) is 12.8 Å². The lowest BCUT2D eigenvalue weighted by molar-refractivity contribution is -0.142. The Kier molecular flexibility index (Phi) is 2.59. The topological polar surface area (TPSA) is 78.9 Å². The minimum absolute atomic E-state index is 0.0834. The molecule has 0 bridgehead atoms. The monoisotopic (exact) mass is 243 g/mol. The molecule has 0 aliphatic heterocycles. The predicted molar refractivity (Wildman–Crippen MR) is 66.1 cm³/mol. The molecule has 0 fully saturated rings. The van der Waals surface area contributed by atoms with Crippen molar-refractivity contribution in [1.29, 1.82) is 0 Å².